The van der Waals surface area contributed by atoms with E-state index in [1.54, 1.807) is 19.2 Å². The molecule has 0 atom stereocenters. The summed E-state index contributed by atoms with van der Waals surface area (Å²) in [6.45, 7) is 1.42. The van der Waals surface area contributed by atoms with E-state index >= 15 is 0 Å². The third kappa shape index (κ3) is 3.62. The topological polar surface area (TPSA) is 71.8 Å². The zero-order chi connectivity index (χ0) is 16.9. The largest absolute Gasteiger partial charge is 0.324 e. The molecule has 1 amide bonds. The van der Waals surface area contributed by atoms with E-state index in [1.165, 1.54) is 12.5 Å². The van der Waals surface area contributed by atoms with Gasteiger partial charge in [-0.2, -0.15) is 0 Å². The lowest BCUT2D eigenvalue weighted by Crippen LogP contribution is -2.19. The van der Waals surface area contributed by atoms with Gasteiger partial charge in [0.1, 0.15) is 11.6 Å². The van der Waals surface area contributed by atoms with Gasteiger partial charge in [-0.3, -0.25) is 4.79 Å². The molecule has 0 aliphatic carbocycles. The van der Waals surface area contributed by atoms with Gasteiger partial charge in [0.25, 0.3) is 0 Å². The van der Waals surface area contributed by atoms with Crippen molar-refractivity contribution in [3.8, 4) is 11.4 Å². The number of halogens is 1. The molecule has 0 spiro atoms. The molecule has 1 aliphatic rings. The van der Waals surface area contributed by atoms with Crippen molar-refractivity contribution in [3.05, 3.63) is 29.8 Å². The number of carbonyl (C=O) groups excluding carboxylic acids is 1. The highest BCUT2D eigenvalue weighted by Gasteiger charge is 2.17. The van der Waals surface area contributed by atoms with Gasteiger partial charge in [-0.15, -0.1) is 10.2 Å². The molecule has 0 radical (unpaired) electrons. The van der Waals surface area contributed by atoms with E-state index in [0.717, 1.165) is 43.0 Å². The number of fused-ring (bicyclic) bond motifs is 1. The SMILES string of the molecule is CNCCC(=O)Nc1cc(-c2nnc3n2CCCCC3)ccc1F. The zero-order valence-electron chi connectivity index (χ0n) is 13.8. The third-order valence-corrected chi connectivity index (χ3v) is 4.21. The minimum Gasteiger partial charge on any atom is -0.324 e. The second kappa shape index (κ2) is 7.53. The van der Waals surface area contributed by atoms with Crippen LogP contribution >= 0.6 is 0 Å². The van der Waals surface area contributed by atoms with Crippen LogP contribution in [0.15, 0.2) is 18.2 Å². The number of carbonyl (C=O) groups is 1. The lowest BCUT2D eigenvalue weighted by atomic mass is 10.1. The molecule has 1 aliphatic heterocycles. The van der Waals surface area contributed by atoms with E-state index < -0.39 is 5.82 Å². The van der Waals surface area contributed by atoms with E-state index in [2.05, 4.69) is 25.4 Å². The summed E-state index contributed by atoms with van der Waals surface area (Å²) < 4.78 is 16.1. The summed E-state index contributed by atoms with van der Waals surface area (Å²) in [5, 5.41) is 14.1. The summed E-state index contributed by atoms with van der Waals surface area (Å²) in [5.41, 5.74) is 0.945. The summed E-state index contributed by atoms with van der Waals surface area (Å²) in [6.07, 6.45) is 4.60. The number of rotatable bonds is 5. The summed E-state index contributed by atoms with van der Waals surface area (Å²) in [6, 6.07) is 4.68. The van der Waals surface area contributed by atoms with Gasteiger partial charge in [0.05, 0.1) is 5.69 Å². The zero-order valence-corrected chi connectivity index (χ0v) is 13.8. The van der Waals surface area contributed by atoms with Crippen molar-refractivity contribution in [1.29, 1.82) is 0 Å². The molecule has 3 rings (SSSR count). The van der Waals surface area contributed by atoms with E-state index in [9.17, 15) is 9.18 Å². The van der Waals surface area contributed by atoms with Crippen molar-refractivity contribution >= 4 is 11.6 Å². The molecule has 0 saturated heterocycles. The molecule has 0 unspecified atom stereocenters. The van der Waals surface area contributed by atoms with Crippen LogP contribution in [0.3, 0.4) is 0 Å². The first-order chi connectivity index (χ1) is 11.7. The Morgan fingerprint density at radius 3 is 3.00 bits per heavy atom. The molecule has 2 aromatic rings. The fourth-order valence-electron chi connectivity index (χ4n) is 2.91. The van der Waals surface area contributed by atoms with E-state index in [4.69, 9.17) is 0 Å². The number of nitrogens with zero attached hydrogens (tertiary/aromatic N) is 3. The molecule has 0 fully saturated rings. The first-order valence-electron chi connectivity index (χ1n) is 8.35. The minimum atomic E-state index is -0.452. The molecular weight excluding hydrogens is 309 g/mol. The van der Waals surface area contributed by atoms with Crippen LogP contribution in [0.1, 0.15) is 31.5 Å². The Kier molecular flexibility index (Phi) is 5.20. The standard InChI is InChI=1S/C17H22FN5O/c1-19-9-8-16(24)20-14-11-12(6-7-13(14)18)17-22-21-15-5-3-2-4-10-23(15)17/h6-7,11,19H,2-5,8-10H2,1H3,(H,20,24). The van der Waals surface area contributed by atoms with E-state index in [-0.39, 0.29) is 11.6 Å². The maximum atomic E-state index is 14.0. The van der Waals surface area contributed by atoms with Crippen molar-refractivity contribution in [2.24, 2.45) is 0 Å². The maximum absolute atomic E-state index is 14.0. The molecule has 24 heavy (non-hydrogen) atoms. The summed E-state index contributed by atoms with van der Waals surface area (Å²) in [5.74, 6) is 1.04. The number of aryl methyl sites for hydroxylation is 1. The molecular formula is C17H22FN5O. The Morgan fingerprint density at radius 2 is 2.17 bits per heavy atom. The highest BCUT2D eigenvalue weighted by molar-refractivity contribution is 5.91. The van der Waals surface area contributed by atoms with Crippen LogP contribution in [0.25, 0.3) is 11.4 Å². The third-order valence-electron chi connectivity index (χ3n) is 4.21. The van der Waals surface area contributed by atoms with E-state index in [0.29, 0.717) is 13.0 Å². The predicted octanol–water partition coefficient (Wildman–Crippen LogP) is 2.36. The number of amides is 1. The second-order valence-corrected chi connectivity index (χ2v) is 6.00. The smallest absolute Gasteiger partial charge is 0.225 e. The number of anilines is 1. The van der Waals surface area contributed by atoms with Crippen LogP contribution in [0.4, 0.5) is 10.1 Å². The lowest BCUT2D eigenvalue weighted by Gasteiger charge is -2.10. The van der Waals surface area contributed by atoms with Gasteiger partial charge in [-0.05, 0) is 38.1 Å². The van der Waals surface area contributed by atoms with Gasteiger partial charge in [-0.1, -0.05) is 6.42 Å². The van der Waals surface area contributed by atoms with Crippen LogP contribution in [-0.2, 0) is 17.8 Å². The van der Waals surface area contributed by atoms with Gasteiger partial charge < -0.3 is 15.2 Å². The van der Waals surface area contributed by atoms with Crippen LogP contribution < -0.4 is 10.6 Å². The highest BCUT2D eigenvalue weighted by atomic mass is 19.1. The highest BCUT2D eigenvalue weighted by Crippen LogP contribution is 2.26. The van der Waals surface area contributed by atoms with Crippen molar-refractivity contribution < 1.29 is 9.18 Å². The normalized spacial score (nSPS) is 14.1. The van der Waals surface area contributed by atoms with Gasteiger partial charge in [0.2, 0.25) is 5.91 Å². The quantitative estimate of drug-likeness (QED) is 0.882. The van der Waals surface area contributed by atoms with Crippen LogP contribution in [0.5, 0.6) is 0 Å². The lowest BCUT2D eigenvalue weighted by molar-refractivity contribution is -0.116. The van der Waals surface area contributed by atoms with Crippen molar-refractivity contribution in [2.75, 3.05) is 18.9 Å². The molecule has 2 heterocycles. The Bertz CT molecular complexity index is 728. The molecule has 6 nitrogen and oxygen atoms in total. The number of hydrogen-bond acceptors (Lipinski definition) is 4. The Balaban J connectivity index is 1.86. The number of benzene rings is 1. The predicted molar refractivity (Wildman–Crippen MR) is 90.1 cm³/mol. The fraction of sp³-hybridized carbons (Fsp3) is 0.471. The van der Waals surface area contributed by atoms with Crippen molar-refractivity contribution in [1.82, 2.24) is 20.1 Å². The molecule has 1 aromatic carbocycles. The molecule has 128 valence electrons. The summed E-state index contributed by atoms with van der Waals surface area (Å²) in [4.78, 5) is 11.8. The Hall–Kier alpha value is -2.28. The molecule has 7 heteroatoms. The van der Waals surface area contributed by atoms with Gasteiger partial charge in [0, 0.05) is 31.5 Å². The first kappa shape index (κ1) is 16.6. The van der Waals surface area contributed by atoms with E-state index in [1.807, 2.05) is 0 Å². The van der Waals surface area contributed by atoms with Gasteiger partial charge >= 0.3 is 0 Å². The van der Waals surface area contributed by atoms with Crippen molar-refractivity contribution in [2.45, 2.75) is 38.6 Å². The van der Waals surface area contributed by atoms with Crippen LogP contribution in [0.2, 0.25) is 0 Å². The number of nitrogens with one attached hydrogen (secondary N) is 2. The first-order valence-corrected chi connectivity index (χ1v) is 8.35. The summed E-state index contributed by atoms with van der Waals surface area (Å²) >= 11 is 0. The molecule has 0 bridgehead atoms. The Morgan fingerprint density at radius 1 is 1.29 bits per heavy atom. The molecule has 1 aromatic heterocycles. The maximum Gasteiger partial charge on any atom is 0.225 e. The number of hydrogen-bond donors (Lipinski definition) is 2. The fourth-order valence-corrected chi connectivity index (χ4v) is 2.91. The molecule has 2 N–H and O–H groups in total. The van der Waals surface area contributed by atoms with Gasteiger partial charge in [-0.25, -0.2) is 4.39 Å². The summed E-state index contributed by atoms with van der Waals surface area (Å²) in [7, 11) is 1.77. The van der Waals surface area contributed by atoms with Crippen LogP contribution in [-0.4, -0.2) is 34.3 Å². The average molecular weight is 331 g/mol. The molecule has 0 saturated carbocycles. The second-order valence-electron chi connectivity index (χ2n) is 6.00. The van der Waals surface area contributed by atoms with Crippen molar-refractivity contribution in [3.63, 3.8) is 0 Å². The van der Waals surface area contributed by atoms with Crippen LogP contribution in [0, 0.1) is 5.82 Å². The monoisotopic (exact) mass is 331 g/mol. The van der Waals surface area contributed by atoms with Gasteiger partial charge in [0.15, 0.2) is 5.82 Å². The average Bonchev–Trinajstić information content (AvgIpc) is 2.83. The number of aromatic nitrogens is 3. The Labute approximate surface area is 140 Å². The minimum absolute atomic E-state index is 0.180.